The minimum absolute atomic E-state index is 0.250. The number of hydrogen-bond acceptors (Lipinski definition) is 3. The first-order valence-corrected chi connectivity index (χ1v) is 4.09. The summed E-state index contributed by atoms with van der Waals surface area (Å²) in [6, 6.07) is 0.659. The first-order valence-electron chi connectivity index (χ1n) is 4.09. The number of allylic oxidation sites excluding steroid dienone is 1. The molecule has 1 aromatic carbocycles. The second-order valence-corrected chi connectivity index (χ2v) is 2.80. The first kappa shape index (κ1) is 12.1. The number of rotatable bonds is 3. The van der Waals surface area contributed by atoms with Gasteiger partial charge < -0.3 is 9.84 Å². The average molecular weight is 232 g/mol. The first-order chi connectivity index (χ1) is 7.45. The number of ketones is 1. The maximum absolute atomic E-state index is 13.1. The van der Waals surface area contributed by atoms with Crippen molar-refractivity contribution in [2.45, 2.75) is 0 Å². The molecule has 0 saturated carbocycles. The van der Waals surface area contributed by atoms with Crippen LogP contribution in [0.3, 0.4) is 0 Å². The Balaban J connectivity index is 3.14. The molecule has 0 saturated heterocycles. The number of ether oxygens (including phenoxy) is 1. The molecule has 16 heavy (non-hydrogen) atoms. The summed E-state index contributed by atoms with van der Waals surface area (Å²) in [4.78, 5) is 11.3. The molecule has 6 heteroatoms. The summed E-state index contributed by atoms with van der Waals surface area (Å²) < 4.78 is 42.6. The molecular weight excluding hydrogens is 225 g/mol. The van der Waals surface area contributed by atoms with Gasteiger partial charge in [0.1, 0.15) is 5.82 Å². The minimum Gasteiger partial charge on any atom is -0.481 e. The van der Waals surface area contributed by atoms with Crippen LogP contribution in [0.4, 0.5) is 13.2 Å². The second kappa shape index (κ2) is 4.69. The van der Waals surface area contributed by atoms with E-state index in [9.17, 15) is 18.0 Å². The highest BCUT2D eigenvalue weighted by atomic mass is 19.2. The molecule has 1 rings (SSSR count). The van der Waals surface area contributed by atoms with Crippen LogP contribution < -0.4 is 0 Å². The molecule has 3 nitrogen and oxygen atoms in total. The van der Waals surface area contributed by atoms with E-state index in [2.05, 4.69) is 4.74 Å². The van der Waals surface area contributed by atoms with Crippen LogP contribution in [-0.4, -0.2) is 18.0 Å². The van der Waals surface area contributed by atoms with Crippen molar-refractivity contribution in [3.8, 4) is 0 Å². The monoisotopic (exact) mass is 232 g/mol. The Morgan fingerprint density at radius 3 is 2.38 bits per heavy atom. The maximum Gasteiger partial charge on any atom is 0.280 e. The molecule has 0 aromatic heterocycles. The molecule has 0 bridgehead atoms. The van der Waals surface area contributed by atoms with Gasteiger partial charge in [0.25, 0.3) is 5.95 Å². The summed E-state index contributed by atoms with van der Waals surface area (Å²) in [7, 11) is 1.08. The van der Waals surface area contributed by atoms with Gasteiger partial charge in [-0.25, -0.2) is 13.2 Å². The summed E-state index contributed by atoms with van der Waals surface area (Å²) in [5.41, 5.74) is -0.692. The van der Waals surface area contributed by atoms with Gasteiger partial charge in [0.2, 0.25) is 0 Å². The molecule has 0 aliphatic carbocycles. The topological polar surface area (TPSA) is 46.5 Å². The van der Waals surface area contributed by atoms with E-state index in [-0.39, 0.29) is 6.07 Å². The lowest BCUT2D eigenvalue weighted by Gasteiger charge is -2.01. The predicted molar refractivity (Wildman–Crippen MR) is 48.4 cm³/mol. The number of hydrogen-bond donors (Lipinski definition) is 1. The smallest absolute Gasteiger partial charge is 0.280 e. The Bertz CT molecular complexity index is 455. The van der Waals surface area contributed by atoms with Crippen LogP contribution >= 0.6 is 0 Å². The van der Waals surface area contributed by atoms with Crippen LogP contribution in [0.2, 0.25) is 0 Å². The molecule has 0 spiro atoms. The standard InChI is InChI=1S/C10H7F3O3/c1-16-10(15)4-9(14)5-2-7(12)8(13)3-6(5)11/h2-4,15H,1H3/b10-4+. The molecule has 0 fully saturated rings. The summed E-state index contributed by atoms with van der Waals surface area (Å²) in [5, 5.41) is 8.83. The van der Waals surface area contributed by atoms with E-state index in [0.29, 0.717) is 12.1 Å². The predicted octanol–water partition coefficient (Wildman–Crippen LogP) is 2.33. The molecule has 0 aliphatic heterocycles. The third-order valence-electron chi connectivity index (χ3n) is 1.74. The summed E-state index contributed by atoms with van der Waals surface area (Å²) in [6.45, 7) is 0. The van der Waals surface area contributed by atoms with Crippen LogP contribution in [0.15, 0.2) is 24.2 Å². The van der Waals surface area contributed by atoms with Gasteiger partial charge in [0, 0.05) is 6.07 Å². The Morgan fingerprint density at radius 2 is 1.81 bits per heavy atom. The lowest BCUT2D eigenvalue weighted by Crippen LogP contribution is -2.03. The Morgan fingerprint density at radius 1 is 1.25 bits per heavy atom. The number of benzene rings is 1. The molecule has 0 aliphatic rings. The zero-order valence-corrected chi connectivity index (χ0v) is 8.13. The van der Waals surface area contributed by atoms with Crippen molar-refractivity contribution >= 4 is 5.78 Å². The van der Waals surface area contributed by atoms with Crippen molar-refractivity contribution < 1.29 is 27.8 Å². The number of methoxy groups -OCH3 is 1. The Hall–Kier alpha value is -1.98. The van der Waals surface area contributed by atoms with E-state index in [4.69, 9.17) is 5.11 Å². The summed E-state index contributed by atoms with van der Waals surface area (Å²) >= 11 is 0. The van der Waals surface area contributed by atoms with E-state index in [1.165, 1.54) is 0 Å². The quantitative estimate of drug-likeness (QED) is 0.376. The van der Waals surface area contributed by atoms with Gasteiger partial charge in [0.05, 0.1) is 18.7 Å². The summed E-state index contributed by atoms with van der Waals surface area (Å²) in [6.07, 6.45) is 0.551. The molecule has 0 radical (unpaired) electrons. The van der Waals surface area contributed by atoms with Crippen LogP contribution in [0.25, 0.3) is 0 Å². The van der Waals surface area contributed by atoms with Crippen LogP contribution in [0, 0.1) is 17.5 Å². The Kier molecular flexibility index (Phi) is 3.55. The lowest BCUT2D eigenvalue weighted by atomic mass is 10.1. The fraction of sp³-hybridized carbons (Fsp3) is 0.100. The van der Waals surface area contributed by atoms with Gasteiger partial charge in [-0.2, -0.15) is 0 Å². The fourth-order valence-corrected chi connectivity index (χ4v) is 0.960. The van der Waals surface area contributed by atoms with Gasteiger partial charge in [-0.05, 0) is 6.07 Å². The molecule has 0 heterocycles. The van der Waals surface area contributed by atoms with Gasteiger partial charge in [-0.3, -0.25) is 4.79 Å². The van der Waals surface area contributed by atoms with Crippen LogP contribution in [-0.2, 0) is 4.74 Å². The van der Waals surface area contributed by atoms with Crippen molar-refractivity contribution in [2.75, 3.05) is 7.11 Å². The number of carbonyl (C=O) groups excluding carboxylic acids is 1. The number of aliphatic hydroxyl groups is 1. The zero-order chi connectivity index (χ0) is 12.3. The Labute approximate surface area is 88.8 Å². The van der Waals surface area contributed by atoms with Gasteiger partial charge in [-0.1, -0.05) is 0 Å². The largest absolute Gasteiger partial charge is 0.481 e. The third kappa shape index (κ3) is 2.53. The highest BCUT2D eigenvalue weighted by Crippen LogP contribution is 2.15. The molecule has 86 valence electrons. The van der Waals surface area contributed by atoms with Crippen molar-refractivity contribution in [3.05, 3.63) is 47.2 Å². The molecule has 0 unspecified atom stereocenters. The van der Waals surface area contributed by atoms with Gasteiger partial charge in [0.15, 0.2) is 17.4 Å². The highest BCUT2D eigenvalue weighted by Gasteiger charge is 2.15. The maximum atomic E-state index is 13.1. The molecule has 1 aromatic rings. The van der Waals surface area contributed by atoms with E-state index in [1.54, 1.807) is 0 Å². The average Bonchev–Trinajstić information content (AvgIpc) is 2.23. The SMILES string of the molecule is CO/C(O)=C/C(=O)c1cc(F)c(F)cc1F. The van der Waals surface area contributed by atoms with E-state index in [0.717, 1.165) is 7.11 Å². The van der Waals surface area contributed by atoms with E-state index >= 15 is 0 Å². The number of aliphatic hydroxyl groups excluding tert-OH is 1. The number of halogens is 3. The normalized spacial score (nSPS) is 11.4. The molecule has 1 N–H and O–H groups in total. The lowest BCUT2D eigenvalue weighted by molar-refractivity contribution is 0.0998. The summed E-state index contributed by atoms with van der Waals surface area (Å²) in [5.74, 6) is -5.75. The number of carbonyl (C=O) groups is 1. The zero-order valence-electron chi connectivity index (χ0n) is 8.13. The third-order valence-corrected chi connectivity index (χ3v) is 1.74. The van der Waals surface area contributed by atoms with Crippen molar-refractivity contribution in [1.82, 2.24) is 0 Å². The second-order valence-electron chi connectivity index (χ2n) is 2.80. The van der Waals surface area contributed by atoms with Gasteiger partial charge in [-0.15, -0.1) is 0 Å². The molecule has 0 atom stereocenters. The van der Waals surface area contributed by atoms with Crippen molar-refractivity contribution in [3.63, 3.8) is 0 Å². The van der Waals surface area contributed by atoms with Crippen molar-refractivity contribution in [1.29, 1.82) is 0 Å². The minimum atomic E-state index is -1.39. The van der Waals surface area contributed by atoms with Crippen LogP contribution in [0.1, 0.15) is 10.4 Å². The van der Waals surface area contributed by atoms with E-state index < -0.39 is 34.7 Å². The van der Waals surface area contributed by atoms with Gasteiger partial charge >= 0.3 is 0 Å². The molecular formula is C10H7F3O3. The van der Waals surface area contributed by atoms with E-state index in [1.807, 2.05) is 0 Å². The van der Waals surface area contributed by atoms with Crippen molar-refractivity contribution in [2.24, 2.45) is 0 Å². The van der Waals surface area contributed by atoms with Crippen LogP contribution in [0.5, 0.6) is 0 Å². The molecule has 0 amide bonds. The fourth-order valence-electron chi connectivity index (χ4n) is 0.960. The highest BCUT2D eigenvalue weighted by molar-refractivity contribution is 6.04.